The monoisotopic (exact) mass is 653 g/mol. The van der Waals surface area contributed by atoms with E-state index in [0.717, 1.165) is 16.3 Å². The fraction of sp³-hybridized carbons (Fsp3) is 0.250. The number of halogens is 1. The van der Waals surface area contributed by atoms with Gasteiger partial charge in [0.05, 0.1) is 6.54 Å². The minimum atomic E-state index is -1.12. The Balaban J connectivity index is 1.43. The Morgan fingerprint density at radius 2 is 1.66 bits per heavy atom. The van der Waals surface area contributed by atoms with Gasteiger partial charge in [-0.1, -0.05) is 66.2 Å². The van der Waals surface area contributed by atoms with E-state index in [1.807, 2.05) is 49.4 Å². The second-order valence-electron chi connectivity index (χ2n) is 11.6. The molecule has 3 atom stereocenters. The molecule has 0 aliphatic carbocycles. The molecule has 11 heteroatoms. The zero-order chi connectivity index (χ0) is 33.7. The molecular formula is C36H36ClN5O5. The quantitative estimate of drug-likeness (QED) is 0.244. The van der Waals surface area contributed by atoms with Crippen molar-refractivity contribution < 1.29 is 24.0 Å². The van der Waals surface area contributed by atoms with E-state index in [2.05, 4.69) is 10.6 Å². The third-order valence-electron chi connectivity index (χ3n) is 8.38. The van der Waals surface area contributed by atoms with Crippen LogP contribution in [0.25, 0.3) is 10.8 Å². The molecule has 1 saturated heterocycles. The van der Waals surface area contributed by atoms with E-state index in [-0.39, 0.29) is 25.4 Å². The molecule has 4 aromatic rings. The van der Waals surface area contributed by atoms with Gasteiger partial charge in [-0.25, -0.2) is 0 Å². The standard InChI is InChI=1S/C36H36ClN5O5/c1-22-17-18-41(31(34(38)45)20-26-9-5-8-24-7-3-4-12-30(24)26)36(47)33(27-10-6-11-28(37)19-27)42(22)32(44)21-39-35(46)25-13-15-29(16-14-25)40-23(2)43/h3-16,19,22,31,33H,17-18,20-21H2,1-2H3,(H2,38,45)(H,39,46)(H,40,43). The molecule has 1 aliphatic heterocycles. The maximum absolute atomic E-state index is 14.5. The molecule has 4 aromatic carbocycles. The summed E-state index contributed by atoms with van der Waals surface area (Å²) in [5.41, 5.74) is 8.15. The summed E-state index contributed by atoms with van der Waals surface area (Å²) >= 11 is 6.36. The van der Waals surface area contributed by atoms with Crippen LogP contribution in [0.1, 0.15) is 47.8 Å². The molecule has 0 saturated carbocycles. The predicted molar refractivity (Wildman–Crippen MR) is 181 cm³/mol. The molecule has 1 heterocycles. The first-order valence-electron chi connectivity index (χ1n) is 15.3. The van der Waals surface area contributed by atoms with Crippen LogP contribution in [0.15, 0.2) is 91.0 Å². The highest BCUT2D eigenvalue weighted by Gasteiger charge is 2.43. The van der Waals surface area contributed by atoms with Gasteiger partial charge in [-0.3, -0.25) is 24.0 Å². The van der Waals surface area contributed by atoms with Crippen LogP contribution in [0, 0.1) is 0 Å². The number of amides is 5. The molecule has 47 heavy (non-hydrogen) atoms. The summed E-state index contributed by atoms with van der Waals surface area (Å²) in [7, 11) is 0. The first-order valence-corrected chi connectivity index (χ1v) is 15.7. The molecule has 1 fully saturated rings. The minimum absolute atomic E-state index is 0.187. The Hall–Kier alpha value is -5.22. The summed E-state index contributed by atoms with van der Waals surface area (Å²) in [6.45, 7) is 3.02. The van der Waals surface area contributed by atoms with Crippen molar-refractivity contribution in [3.63, 3.8) is 0 Å². The summed E-state index contributed by atoms with van der Waals surface area (Å²) in [5, 5.41) is 7.63. The van der Waals surface area contributed by atoms with Crippen molar-refractivity contribution in [3.8, 4) is 0 Å². The van der Waals surface area contributed by atoms with Gasteiger partial charge in [0.15, 0.2) is 0 Å². The van der Waals surface area contributed by atoms with Crippen LogP contribution in [-0.4, -0.2) is 64.5 Å². The van der Waals surface area contributed by atoms with Crippen LogP contribution < -0.4 is 16.4 Å². The number of fused-ring (bicyclic) bond motifs is 1. The van der Waals surface area contributed by atoms with Gasteiger partial charge in [-0.05, 0) is 71.6 Å². The molecule has 0 spiro atoms. The number of nitrogens with zero attached hydrogens (tertiary/aromatic N) is 2. The van der Waals surface area contributed by atoms with Gasteiger partial charge in [0.25, 0.3) is 11.8 Å². The normalized spacial score (nSPS) is 17.1. The van der Waals surface area contributed by atoms with Gasteiger partial charge in [-0.15, -0.1) is 0 Å². The molecule has 3 unspecified atom stereocenters. The number of rotatable bonds is 9. The van der Waals surface area contributed by atoms with Crippen LogP contribution in [0.2, 0.25) is 5.02 Å². The predicted octanol–water partition coefficient (Wildman–Crippen LogP) is 4.47. The number of carbonyl (C=O) groups excluding carboxylic acids is 5. The maximum Gasteiger partial charge on any atom is 0.251 e. The van der Waals surface area contributed by atoms with E-state index in [0.29, 0.717) is 28.3 Å². The van der Waals surface area contributed by atoms with Crippen molar-refractivity contribution in [2.24, 2.45) is 5.73 Å². The van der Waals surface area contributed by atoms with E-state index in [1.165, 1.54) is 28.9 Å². The fourth-order valence-corrected chi connectivity index (χ4v) is 6.28. The maximum atomic E-state index is 14.5. The number of carbonyl (C=O) groups is 5. The van der Waals surface area contributed by atoms with Crippen molar-refractivity contribution in [1.29, 1.82) is 0 Å². The number of nitrogens with one attached hydrogen (secondary N) is 2. The summed E-state index contributed by atoms with van der Waals surface area (Å²) in [6.07, 6.45) is 0.566. The number of anilines is 1. The van der Waals surface area contributed by atoms with E-state index in [9.17, 15) is 24.0 Å². The van der Waals surface area contributed by atoms with Crippen LogP contribution in [-0.2, 0) is 25.6 Å². The lowest BCUT2D eigenvalue weighted by Gasteiger charge is -2.36. The van der Waals surface area contributed by atoms with Crippen LogP contribution in [0.5, 0.6) is 0 Å². The smallest absolute Gasteiger partial charge is 0.251 e. The highest BCUT2D eigenvalue weighted by molar-refractivity contribution is 6.30. The molecule has 5 rings (SSSR count). The van der Waals surface area contributed by atoms with Gasteiger partial charge in [-0.2, -0.15) is 0 Å². The topological polar surface area (TPSA) is 142 Å². The Morgan fingerprint density at radius 1 is 0.957 bits per heavy atom. The number of benzene rings is 4. The number of hydrogen-bond donors (Lipinski definition) is 3. The van der Waals surface area contributed by atoms with Crippen LogP contribution in [0.4, 0.5) is 5.69 Å². The van der Waals surface area contributed by atoms with Crippen molar-refractivity contribution in [1.82, 2.24) is 15.1 Å². The van der Waals surface area contributed by atoms with Crippen LogP contribution >= 0.6 is 11.6 Å². The molecule has 5 amide bonds. The first-order chi connectivity index (χ1) is 22.5. The van der Waals surface area contributed by atoms with Gasteiger partial charge < -0.3 is 26.2 Å². The summed E-state index contributed by atoms with van der Waals surface area (Å²) in [6, 6.07) is 24.0. The van der Waals surface area contributed by atoms with Gasteiger partial charge in [0, 0.05) is 42.2 Å². The molecular weight excluding hydrogens is 618 g/mol. The van der Waals surface area contributed by atoms with Crippen molar-refractivity contribution in [2.45, 2.75) is 44.8 Å². The largest absolute Gasteiger partial charge is 0.368 e. The number of nitrogens with two attached hydrogens (primary N) is 1. The highest BCUT2D eigenvalue weighted by atomic mass is 35.5. The highest BCUT2D eigenvalue weighted by Crippen LogP contribution is 2.33. The molecule has 10 nitrogen and oxygen atoms in total. The van der Waals surface area contributed by atoms with Crippen molar-refractivity contribution in [2.75, 3.05) is 18.4 Å². The van der Waals surface area contributed by atoms with Crippen molar-refractivity contribution in [3.05, 3.63) is 113 Å². The minimum Gasteiger partial charge on any atom is -0.368 e. The Kier molecular flexibility index (Phi) is 10.2. The van der Waals surface area contributed by atoms with Crippen molar-refractivity contribution >= 4 is 57.6 Å². The van der Waals surface area contributed by atoms with E-state index < -0.39 is 41.8 Å². The summed E-state index contributed by atoms with van der Waals surface area (Å²) < 4.78 is 0. The Bertz CT molecular complexity index is 1820. The molecule has 0 bridgehead atoms. The summed E-state index contributed by atoms with van der Waals surface area (Å²) in [5.74, 6) is -2.33. The SMILES string of the molecule is CC(=O)Nc1ccc(C(=O)NCC(=O)N2C(C)CCN(C(Cc3cccc4ccccc34)C(N)=O)C(=O)C2c2cccc(Cl)c2)cc1. The Morgan fingerprint density at radius 3 is 2.36 bits per heavy atom. The zero-order valence-electron chi connectivity index (χ0n) is 26.1. The van der Waals surface area contributed by atoms with Gasteiger partial charge in [0.2, 0.25) is 17.7 Å². The number of primary amides is 1. The lowest BCUT2D eigenvalue weighted by molar-refractivity contribution is -0.148. The molecule has 1 aliphatic rings. The second-order valence-corrected chi connectivity index (χ2v) is 12.1. The summed E-state index contributed by atoms with van der Waals surface area (Å²) in [4.78, 5) is 68.7. The molecule has 0 radical (unpaired) electrons. The Labute approximate surface area is 277 Å². The average molecular weight is 654 g/mol. The first kappa shape index (κ1) is 33.2. The third kappa shape index (κ3) is 7.61. The molecule has 242 valence electrons. The average Bonchev–Trinajstić information content (AvgIpc) is 3.17. The zero-order valence-corrected chi connectivity index (χ0v) is 26.9. The fourth-order valence-electron chi connectivity index (χ4n) is 6.09. The van der Waals surface area contributed by atoms with Gasteiger partial charge in [0.1, 0.15) is 12.1 Å². The molecule has 0 aromatic heterocycles. The second kappa shape index (κ2) is 14.5. The lowest BCUT2D eigenvalue weighted by atomic mass is 9.96. The van der Waals surface area contributed by atoms with E-state index in [4.69, 9.17) is 17.3 Å². The van der Waals surface area contributed by atoms with Crippen LogP contribution in [0.3, 0.4) is 0 Å². The van der Waals surface area contributed by atoms with E-state index in [1.54, 1.807) is 36.4 Å². The number of hydrogen-bond acceptors (Lipinski definition) is 5. The lowest BCUT2D eigenvalue weighted by Crippen LogP contribution is -2.53. The third-order valence-corrected chi connectivity index (χ3v) is 8.61. The van der Waals surface area contributed by atoms with E-state index >= 15 is 0 Å². The molecule has 4 N–H and O–H groups in total. The van der Waals surface area contributed by atoms with Gasteiger partial charge >= 0.3 is 0 Å².